The van der Waals surface area contributed by atoms with Crippen LogP contribution in [0.5, 0.6) is 0 Å². The van der Waals surface area contributed by atoms with Gasteiger partial charge in [-0.25, -0.2) is 4.39 Å². The van der Waals surface area contributed by atoms with Gasteiger partial charge in [0.2, 0.25) is 0 Å². The molecule has 2 atom stereocenters. The number of thiophene rings is 1. The van der Waals surface area contributed by atoms with Gasteiger partial charge in [0.25, 0.3) is 5.91 Å². The number of ether oxygens (including phenoxy) is 1. The maximum absolute atomic E-state index is 13.5. The van der Waals surface area contributed by atoms with Gasteiger partial charge in [-0.15, -0.1) is 11.3 Å². The third kappa shape index (κ3) is 3.34. The highest BCUT2D eigenvalue weighted by Gasteiger charge is 2.41. The molecule has 2 aliphatic heterocycles. The van der Waals surface area contributed by atoms with Crippen LogP contribution in [-0.4, -0.2) is 47.7 Å². The molecule has 0 aliphatic carbocycles. The van der Waals surface area contributed by atoms with E-state index in [0.29, 0.717) is 31.0 Å². The Labute approximate surface area is 160 Å². The second kappa shape index (κ2) is 7.20. The first-order valence-electron chi connectivity index (χ1n) is 9.28. The van der Waals surface area contributed by atoms with Crippen LogP contribution in [0.1, 0.15) is 34.5 Å². The van der Waals surface area contributed by atoms with E-state index in [0.717, 1.165) is 28.5 Å². The predicted molar refractivity (Wildman–Crippen MR) is 101 cm³/mol. The summed E-state index contributed by atoms with van der Waals surface area (Å²) in [6.07, 6.45) is 1.82. The van der Waals surface area contributed by atoms with E-state index in [1.54, 1.807) is 6.07 Å². The molecule has 7 heteroatoms. The van der Waals surface area contributed by atoms with Gasteiger partial charge >= 0.3 is 5.97 Å². The zero-order valence-corrected chi connectivity index (χ0v) is 15.9. The van der Waals surface area contributed by atoms with Crippen LogP contribution in [0.25, 0.3) is 10.1 Å². The highest BCUT2D eigenvalue weighted by atomic mass is 32.1. The van der Waals surface area contributed by atoms with E-state index < -0.39 is 11.9 Å². The molecule has 1 unspecified atom stereocenters. The van der Waals surface area contributed by atoms with Crippen molar-refractivity contribution in [2.45, 2.75) is 32.3 Å². The summed E-state index contributed by atoms with van der Waals surface area (Å²) >= 11 is 1.40. The maximum Gasteiger partial charge on any atom is 0.309 e. The van der Waals surface area contributed by atoms with Gasteiger partial charge in [0.15, 0.2) is 0 Å². The number of hydrogen-bond donors (Lipinski definition) is 1. The molecule has 27 heavy (non-hydrogen) atoms. The number of carbonyl (C=O) groups excluding carboxylic acids is 1. The van der Waals surface area contributed by atoms with Crippen molar-refractivity contribution in [2.24, 2.45) is 11.8 Å². The molecule has 1 aromatic carbocycles. The average Bonchev–Trinajstić information content (AvgIpc) is 3.27. The largest absolute Gasteiger partial charge is 0.481 e. The topological polar surface area (TPSA) is 66.8 Å². The van der Waals surface area contributed by atoms with Crippen LogP contribution in [0.4, 0.5) is 4.39 Å². The molecular weight excluding hydrogens is 369 g/mol. The van der Waals surface area contributed by atoms with E-state index in [1.807, 2.05) is 11.8 Å². The Balaban J connectivity index is 1.46. The molecule has 0 spiro atoms. The molecule has 1 N–H and O–H groups in total. The fourth-order valence-electron chi connectivity index (χ4n) is 4.31. The number of halogens is 1. The van der Waals surface area contributed by atoms with E-state index in [-0.39, 0.29) is 23.7 Å². The van der Waals surface area contributed by atoms with E-state index in [9.17, 15) is 19.1 Å². The summed E-state index contributed by atoms with van der Waals surface area (Å²) in [5.74, 6) is -1.36. The number of hydrogen-bond acceptors (Lipinski definition) is 4. The van der Waals surface area contributed by atoms with Gasteiger partial charge in [-0.3, -0.25) is 9.59 Å². The molecule has 4 rings (SSSR count). The number of benzene rings is 1. The number of carboxylic acid groups (broad SMARTS) is 1. The number of carbonyl (C=O) groups is 2. The number of likely N-dealkylation sites (tertiary alicyclic amines) is 1. The number of carboxylic acids is 1. The van der Waals surface area contributed by atoms with Crippen molar-refractivity contribution in [2.75, 3.05) is 19.7 Å². The summed E-state index contributed by atoms with van der Waals surface area (Å²) in [5.41, 5.74) is 0.826. The normalized spacial score (nSPS) is 23.9. The molecule has 3 heterocycles. The molecule has 1 amide bonds. The van der Waals surface area contributed by atoms with Gasteiger partial charge in [-0.2, -0.15) is 0 Å². The first-order valence-corrected chi connectivity index (χ1v) is 10.1. The summed E-state index contributed by atoms with van der Waals surface area (Å²) in [4.78, 5) is 26.9. The van der Waals surface area contributed by atoms with Crippen molar-refractivity contribution >= 4 is 33.3 Å². The van der Waals surface area contributed by atoms with Gasteiger partial charge < -0.3 is 14.7 Å². The molecular formula is C20H22FNO4S. The first kappa shape index (κ1) is 18.4. The third-order valence-corrected chi connectivity index (χ3v) is 7.10. The van der Waals surface area contributed by atoms with Gasteiger partial charge in [0.1, 0.15) is 5.82 Å². The van der Waals surface area contributed by atoms with Crippen molar-refractivity contribution in [3.8, 4) is 0 Å². The Morgan fingerprint density at radius 1 is 1.26 bits per heavy atom. The Bertz CT molecular complexity index is 887. The second-order valence-electron chi connectivity index (χ2n) is 7.40. The number of fused-ring (bicyclic) bond motifs is 1. The molecule has 2 aliphatic rings. The Hall–Kier alpha value is -1.99. The van der Waals surface area contributed by atoms with Gasteiger partial charge in [-0.1, -0.05) is 0 Å². The lowest BCUT2D eigenvalue weighted by Gasteiger charge is -2.35. The van der Waals surface area contributed by atoms with E-state index in [2.05, 4.69) is 0 Å². The molecule has 5 nitrogen and oxygen atoms in total. The molecule has 2 fully saturated rings. The number of amides is 1. The van der Waals surface area contributed by atoms with Crippen molar-refractivity contribution in [1.29, 1.82) is 0 Å². The minimum atomic E-state index is -0.788. The summed E-state index contributed by atoms with van der Waals surface area (Å²) in [6.45, 7) is 3.55. The second-order valence-corrected chi connectivity index (χ2v) is 8.45. The Kier molecular flexibility index (Phi) is 4.90. The van der Waals surface area contributed by atoms with Crippen LogP contribution < -0.4 is 0 Å². The average molecular weight is 391 g/mol. The van der Waals surface area contributed by atoms with E-state index in [4.69, 9.17) is 4.74 Å². The summed E-state index contributed by atoms with van der Waals surface area (Å²) in [5, 5.41) is 10.1. The van der Waals surface area contributed by atoms with Gasteiger partial charge in [0, 0.05) is 24.4 Å². The number of piperidine rings is 1. The van der Waals surface area contributed by atoms with Crippen LogP contribution in [0.15, 0.2) is 18.2 Å². The third-order valence-electron chi connectivity index (χ3n) is 5.84. The van der Waals surface area contributed by atoms with Crippen molar-refractivity contribution < 1.29 is 23.8 Å². The zero-order valence-electron chi connectivity index (χ0n) is 15.1. The molecule has 2 saturated heterocycles. The van der Waals surface area contributed by atoms with Crippen LogP contribution in [0, 0.1) is 24.6 Å². The lowest BCUT2D eigenvalue weighted by molar-refractivity contribution is -0.145. The van der Waals surface area contributed by atoms with E-state index >= 15 is 0 Å². The molecule has 0 bridgehead atoms. The molecule has 1 aromatic heterocycles. The van der Waals surface area contributed by atoms with Gasteiger partial charge in [0.05, 0.1) is 16.9 Å². The number of aryl methyl sites for hydroxylation is 1. The van der Waals surface area contributed by atoms with E-state index in [1.165, 1.54) is 23.5 Å². The first-order chi connectivity index (χ1) is 13.0. The Morgan fingerprint density at radius 2 is 2.00 bits per heavy atom. The van der Waals surface area contributed by atoms with Gasteiger partial charge in [-0.05, 0) is 61.3 Å². The van der Waals surface area contributed by atoms with Crippen molar-refractivity contribution in [3.05, 3.63) is 34.5 Å². The highest BCUT2D eigenvalue weighted by Crippen LogP contribution is 2.36. The molecule has 2 aromatic rings. The summed E-state index contributed by atoms with van der Waals surface area (Å²) < 4.78 is 20.1. The van der Waals surface area contributed by atoms with Crippen LogP contribution in [-0.2, 0) is 9.53 Å². The standard InChI is InChI=1S/C20H22FNO4S/c1-11-15-10-13(21)2-3-16(15)27-18(11)19(23)22-7-4-12(5-8-22)17-14(20(24)25)6-9-26-17/h2-3,10,12,14,17H,4-9H2,1H3,(H,24,25)/t14?,17-/m0/s1. The number of aliphatic carboxylic acids is 1. The van der Waals surface area contributed by atoms with Crippen LogP contribution in [0.3, 0.4) is 0 Å². The number of nitrogens with zero attached hydrogens (tertiary/aromatic N) is 1. The zero-order chi connectivity index (χ0) is 19.1. The quantitative estimate of drug-likeness (QED) is 0.867. The minimum absolute atomic E-state index is 0.0188. The molecule has 0 saturated carbocycles. The SMILES string of the molecule is Cc1c(C(=O)N2CCC([C@@H]3OCCC3C(=O)O)CC2)sc2ccc(F)cc12. The summed E-state index contributed by atoms with van der Waals surface area (Å²) in [7, 11) is 0. The molecule has 144 valence electrons. The summed E-state index contributed by atoms with van der Waals surface area (Å²) in [6, 6.07) is 4.61. The Morgan fingerprint density at radius 3 is 2.70 bits per heavy atom. The molecule has 0 radical (unpaired) electrons. The smallest absolute Gasteiger partial charge is 0.309 e. The van der Waals surface area contributed by atoms with Crippen molar-refractivity contribution in [3.63, 3.8) is 0 Å². The predicted octanol–water partition coefficient (Wildman–Crippen LogP) is 3.69. The lowest BCUT2D eigenvalue weighted by atomic mass is 9.84. The monoisotopic (exact) mass is 391 g/mol. The van der Waals surface area contributed by atoms with Crippen molar-refractivity contribution in [1.82, 2.24) is 4.90 Å². The highest BCUT2D eigenvalue weighted by molar-refractivity contribution is 7.21. The maximum atomic E-state index is 13.5. The fourth-order valence-corrected chi connectivity index (χ4v) is 5.47. The fraction of sp³-hybridized carbons (Fsp3) is 0.500. The minimum Gasteiger partial charge on any atom is -0.481 e. The van der Waals surface area contributed by atoms with Crippen LogP contribution >= 0.6 is 11.3 Å². The van der Waals surface area contributed by atoms with Crippen LogP contribution in [0.2, 0.25) is 0 Å². The lowest BCUT2D eigenvalue weighted by Crippen LogP contribution is -2.43. The number of rotatable bonds is 3.